The minimum atomic E-state index is -0.430. The number of furan rings is 1. The van der Waals surface area contributed by atoms with E-state index in [0.29, 0.717) is 31.1 Å². The smallest absolute Gasteiger partial charge is 0.261 e. The molecule has 4 rings (SSSR count). The molecular weight excluding hydrogens is 334 g/mol. The lowest BCUT2D eigenvalue weighted by Gasteiger charge is -2.35. The molecule has 1 aliphatic heterocycles. The van der Waals surface area contributed by atoms with Gasteiger partial charge in [-0.3, -0.25) is 9.59 Å². The number of H-pyrrole nitrogens is 1. The Morgan fingerprint density at radius 2 is 2.23 bits per heavy atom. The van der Waals surface area contributed by atoms with Gasteiger partial charge < -0.3 is 24.2 Å². The van der Waals surface area contributed by atoms with Crippen molar-refractivity contribution in [3.63, 3.8) is 0 Å². The number of nitrogens with one attached hydrogen (secondary N) is 2. The molecule has 3 aromatic heterocycles. The number of carbonyl (C=O) groups is 1. The molecule has 0 aromatic carbocycles. The van der Waals surface area contributed by atoms with E-state index in [2.05, 4.69) is 15.3 Å². The van der Waals surface area contributed by atoms with Gasteiger partial charge in [0, 0.05) is 39.1 Å². The zero-order valence-electron chi connectivity index (χ0n) is 14.3. The average Bonchev–Trinajstić information content (AvgIpc) is 3.33. The molecule has 134 valence electrons. The molecule has 0 saturated carbocycles. The molecule has 1 atom stereocenters. The van der Waals surface area contributed by atoms with Crippen molar-refractivity contribution < 1.29 is 9.21 Å². The van der Waals surface area contributed by atoms with E-state index in [0.717, 1.165) is 5.82 Å². The lowest BCUT2D eigenvalue weighted by atomic mass is 10.1. The van der Waals surface area contributed by atoms with Crippen molar-refractivity contribution in [1.29, 1.82) is 0 Å². The van der Waals surface area contributed by atoms with E-state index >= 15 is 0 Å². The SMILES string of the molecule is Cn1ccnc1C1CNCCN1C(=O)c1ccc(-c2ccco2)[nH]c1=O. The van der Waals surface area contributed by atoms with Crippen LogP contribution in [0.3, 0.4) is 0 Å². The van der Waals surface area contributed by atoms with E-state index in [4.69, 9.17) is 4.42 Å². The topological polar surface area (TPSA) is 96.2 Å². The normalized spacial score (nSPS) is 17.4. The highest BCUT2D eigenvalue weighted by molar-refractivity contribution is 5.94. The van der Waals surface area contributed by atoms with Crippen LogP contribution in [-0.2, 0) is 7.05 Å². The number of aromatic amines is 1. The molecule has 0 aliphatic carbocycles. The fourth-order valence-electron chi connectivity index (χ4n) is 3.25. The Kier molecular flexibility index (Phi) is 4.18. The van der Waals surface area contributed by atoms with Crippen molar-refractivity contribution in [2.75, 3.05) is 19.6 Å². The maximum Gasteiger partial charge on any atom is 0.261 e. The Labute approximate surface area is 149 Å². The molecule has 1 fully saturated rings. The van der Waals surface area contributed by atoms with Crippen LogP contribution in [0.5, 0.6) is 0 Å². The molecule has 1 aliphatic rings. The number of amides is 1. The van der Waals surface area contributed by atoms with Crippen LogP contribution in [0, 0.1) is 0 Å². The summed E-state index contributed by atoms with van der Waals surface area (Å²) in [7, 11) is 1.89. The van der Waals surface area contributed by atoms with E-state index in [-0.39, 0.29) is 17.5 Å². The third-order valence-corrected chi connectivity index (χ3v) is 4.59. The minimum absolute atomic E-state index is 0.112. The molecule has 2 N–H and O–H groups in total. The maximum atomic E-state index is 13.1. The number of piperazine rings is 1. The summed E-state index contributed by atoms with van der Waals surface area (Å²) < 4.78 is 7.18. The number of carbonyl (C=O) groups excluding carboxylic acids is 1. The zero-order valence-corrected chi connectivity index (χ0v) is 14.3. The Hall–Kier alpha value is -3.13. The first kappa shape index (κ1) is 16.3. The average molecular weight is 353 g/mol. The predicted molar refractivity (Wildman–Crippen MR) is 94.6 cm³/mol. The van der Waals surface area contributed by atoms with Gasteiger partial charge in [-0.1, -0.05) is 0 Å². The van der Waals surface area contributed by atoms with Crippen molar-refractivity contribution in [2.24, 2.45) is 7.05 Å². The highest BCUT2D eigenvalue weighted by Gasteiger charge is 2.32. The number of hydrogen-bond donors (Lipinski definition) is 2. The molecule has 1 amide bonds. The monoisotopic (exact) mass is 353 g/mol. The van der Waals surface area contributed by atoms with Gasteiger partial charge in [-0.2, -0.15) is 0 Å². The highest BCUT2D eigenvalue weighted by Crippen LogP contribution is 2.22. The third-order valence-electron chi connectivity index (χ3n) is 4.59. The van der Waals surface area contributed by atoms with Gasteiger partial charge in [-0.15, -0.1) is 0 Å². The summed E-state index contributed by atoms with van der Waals surface area (Å²) >= 11 is 0. The standard InChI is InChI=1S/C18H19N5O3/c1-22-8-7-20-16(22)14-11-19-6-9-23(14)18(25)12-4-5-13(21-17(12)24)15-3-2-10-26-15/h2-5,7-8,10,14,19H,6,9,11H2,1H3,(H,21,24). The Morgan fingerprint density at radius 3 is 2.92 bits per heavy atom. The van der Waals surface area contributed by atoms with Crippen LogP contribution in [0.15, 0.2) is 52.1 Å². The largest absolute Gasteiger partial charge is 0.463 e. The number of hydrogen-bond acceptors (Lipinski definition) is 5. The number of pyridine rings is 1. The van der Waals surface area contributed by atoms with Crippen LogP contribution in [0.4, 0.5) is 0 Å². The van der Waals surface area contributed by atoms with Crippen molar-refractivity contribution in [3.8, 4) is 11.5 Å². The number of rotatable bonds is 3. The lowest BCUT2D eigenvalue weighted by molar-refractivity contribution is 0.0619. The summed E-state index contributed by atoms with van der Waals surface area (Å²) in [6, 6.07) is 6.51. The van der Waals surface area contributed by atoms with Crippen LogP contribution < -0.4 is 10.9 Å². The Morgan fingerprint density at radius 1 is 1.35 bits per heavy atom. The Bertz CT molecular complexity index is 973. The quantitative estimate of drug-likeness (QED) is 0.736. The van der Waals surface area contributed by atoms with Gasteiger partial charge in [-0.05, 0) is 24.3 Å². The fraction of sp³-hybridized carbons (Fsp3) is 0.278. The summed E-state index contributed by atoms with van der Waals surface area (Å²) in [5.74, 6) is 1.04. The van der Waals surface area contributed by atoms with Crippen LogP contribution in [-0.4, -0.2) is 45.0 Å². The van der Waals surface area contributed by atoms with Crippen LogP contribution >= 0.6 is 0 Å². The van der Waals surface area contributed by atoms with Crippen molar-refractivity contribution in [3.05, 3.63) is 64.7 Å². The van der Waals surface area contributed by atoms with Crippen LogP contribution in [0.1, 0.15) is 22.2 Å². The number of imidazole rings is 1. The van der Waals surface area contributed by atoms with E-state index in [1.807, 2.05) is 17.8 Å². The van der Waals surface area contributed by atoms with E-state index in [1.54, 1.807) is 35.4 Å². The molecule has 8 nitrogen and oxygen atoms in total. The fourth-order valence-corrected chi connectivity index (χ4v) is 3.25. The summed E-state index contributed by atoms with van der Waals surface area (Å²) in [4.78, 5) is 34.3. The minimum Gasteiger partial charge on any atom is -0.463 e. The third kappa shape index (κ3) is 2.84. The maximum absolute atomic E-state index is 13.1. The summed E-state index contributed by atoms with van der Waals surface area (Å²) in [5.41, 5.74) is 0.222. The van der Waals surface area contributed by atoms with Gasteiger partial charge in [0.15, 0.2) is 0 Å². The molecule has 26 heavy (non-hydrogen) atoms. The predicted octanol–water partition coefficient (Wildman–Crippen LogP) is 1.16. The second-order valence-electron chi connectivity index (χ2n) is 6.21. The molecule has 4 heterocycles. The van der Waals surface area contributed by atoms with Crippen LogP contribution in [0.2, 0.25) is 0 Å². The number of aryl methyl sites for hydroxylation is 1. The molecule has 8 heteroatoms. The first-order chi connectivity index (χ1) is 12.6. The molecule has 3 aromatic rings. The number of aromatic nitrogens is 3. The second-order valence-corrected chi connectivity index (χ2v) is 6.21. The van der Waals surface area contributed by atoms with Crippen molar-refractivity contribution >= 4 is 5.91 Å². The van der Waals surface area contributed by atoms with Gasteiger partial charge in [-0.25, -0.2) is 4.98 Å². The van der Waals surface area contributed by atoms with Gasteiger partial charge in [0.05, 0.1) is 12.0 Å². The first-order valence-corrected chi connectivity index (χ1v) is 8.41. The number of nitrogens with zero attached hydrogens (tertiary/aromatic N) is 3. The van der Waals surface area contributed by atoms with E-state index in [1.165, 1.54) is 6.26 Å². The molecule has 0 radical (unpaired) electrons. The van der Waals surface area contributed by atoms with Gasteiger partial charge in [0.1, 0.15) is 23.2 Å². The zero-order chi connectivity index (χ0) is 18.1. The summed E-state index contributed by atoms with van der Waals surface area (Å²) in [5, 5.41) is 3.28. The molecule has 1 saturated heterocycles. The molecule has 1 unspecified atom stereocenters. The van der Waals surface area contributed by atoms with Gasteiger partial charge >= 0.3 is 0 Å². The van der Waals surface area contributed by atoms with Crippen molar-refractivity contribution in [1.82, 2.24) is 24.8 Å². The lowest BCUT2D eigenvalue weighted by Crippen LogP contribution is -2.50. The van der Waals surface area contributed by atoms with Gasteiger partial charge in [0.2, 0.25) is 0 Å². The molecule has 0 spiro atoms. The molecule has 0 bridgehead atoms. The van der Waals surface area contributed by atoms with E-state index in [9.17, 15) is 9.59 Å². The Balaban J connectivity index is 1.66. The summed E-state index contributed by atoms with van der Waals surface area (Å²) in [6.07, 6.45) is 5.08. The highest BCUT2D eigenvalue weighted by atomic mass is 16.3. The first-order valence-electron chi connectivity index (χ1n) is 8.41. The van der Waals surface area contributed by atoms with Crippen molar-refractivity contribution in [2.45, 2.75) is 6.04 Å². The van der Waals surface area contributed by atoms with Gasteiger partial charge in [0.25, 0.3) is 11.5 Å². The van der Waals surface area contributed by atoms with Crippen LogP contribution in [0.25, 0.3) is 11.5 Å². The second kappa shape index (κ2) is 6.64. The van der Waals surface area contributed by atoms with E-state index < -0.39 is 5.56 Å². The summed E-state index contributed by atoms with van der Waals surface area (Å²) in [6.45, 7) is 1.78. The molecular formula is C18H19N5O3.